The van der Waals surface area contributed by atoms with E-state index in [4.69, 9.17) is 11.1 Å². The highest BCUT2D eigenvalue weighted by Gasteiger charge is 2.16. The molecule has 0 fully saturated rings. The quantitative estimate of drug-likeness (QED) is 0.475. The smallest absolute Gasteiger partial charge is 0.0784 e. The second-order valence-corrected chi connectivity index (χ2v) is 3.90. The van der Waals surface area contributed by atoms with Crippen molar-refractivity contribution in [2.24, 2.45) is 11.1 Å². The average molecular weight is 158 g/mol. The highest BCUT2D eigenvalue weighted by atomic mass is 32.1. The summed E-state index contributed by atoms with van der Waals surface area (Å²) in [5.74, 6) is 0. The van der Waals surface area contributed by atoms with Gasteiger partial charge in [-0.1, -0.05) is 33.0 Å². The van der Waals surface area contributed by atoms with E-state index in [-0.39, 0.29) is 5.41 Å². The molecule has 58 valence electrons. The van der Waals surface area contributed by atoms with E-state index in [0.29, 0.717) is 17.1 Å². The van der Waals surface area contributed by atoms with Crippen molar-refractivity contribution in [3.63, 3.8) is 0 Å². The summed E-state index contributed by atoms with van der Waals surface area (Å²) in [6.07, 6.45) is 0.443. The fourth-order valence-electron chi connectivity index (χ4n) is 0.439. The predicted octanol–water partition coefficient (Wildman–Crippen LogP) is 1.73. The Bertz CT molecular complexity index is 155. The van der Waals surface area contributed by atoms with Crippen LogP contribution in [-0.2, 0) is 0 Å². The zero-order chi connectivity index (χ0) is 8.36. The summed E-state index contributed by atoms with van der Waals surface area (Å²) >= 11 is 4.68. The molecule has 0 aromatic carbocycles. The van der Waals surface area contributed by atoms with Crippen LogP contribution in [0.2, 0.25) is 0 Å². The van der Waals surface area contributed by atoms with Gasteiger partial charge < -0.3 is 11.1 Å². The lowest BCUT2D eigenvalue weighted by molar-refractivity contribution is 0.580. The van der Waals surface area contributed by atoms with Gasteiger partial charge in [0, 0.05) is 12.1 Å². The standard InChI is InChI=1S/C7H14N2S/c1-7(2,3)5(8)4-6(9)10/h8H,4H2,1-3H3,(H2,9,10). The van der Waals surface area contributed by atoms with Crippen molar-refractivity contribution in [3.05, 3.63) is 0 Å². The zero-order valence-corrected chi connectivity index (χ0v) is 7.51. The van der Waals surface area contributed by atoms with Gasteiger partial charge in [-0.15, -0.1) is 0 Å². The predicted molar refractivity (Wildman–Crippen MR) is 48.6 cm³/mol. The second-order valence-electron chi connectivity index (χ2n) is 3.37. The summed E-state index contributed by atoms with van der Waals surface area (Å²) < 4.78 is 0. The average Bonchev–Trinajstić information content (AvgIpc) is 1.60. The molecule has 10 heavy (non-hydrogen) atoms. The van der Waals surface area contributed by atoms with Crippen molar-refractivity contribution >= 4 is 22.9 Å². The van der Waals surface area contributed by atoms with Crippen LogP contribution < -0.4 is 5.73 Å². The third kappa shape index (κ3) is 3.56. The second kappa shape index (κ2) is 3.10. The molecule has 0 saturated carbocycles. The van der Waals surface area contributed by atoms with Crippen LogP contribution in [0.5, 0.6) is 0 Å². The highest BCUT2D eigenvalue weighted by molar-refractivity contribution is 7.80. The highest BCUT2D eigenvalue weighted by Crippen LogP contribution is 2.16. The molecule has 0 aromatic heterocycles. The van der Waals surface area contributed by atoms with Crippen molar-refractivity contribution in [3.8, 4) is 0 Å². The summed E-state index contributed by atoms with van der Waals surface area (Å²) in [5, 5.41) is 7.50. The first-order valence-electron chi connectivity index (χ1n) is 3.20. The van der Waals surface area contributed by atoms with Gasteiger partial charge in [0.2, 0.25) is 0 Å². The minimum Gasteiger partial charge on any atom is -0.393 e. The lowest BCUT2D eigenvalue weighted by atomic mass is 9.88. The van der Waals surface area contributed by atoms with Gasteiger partial charge in [0.05, 0.1) is 4.99 Å². The Morgan fingerprint density at radius 3 is 2.00 bits per heavy atom. The summed E-state index contributed by atoms with van der Waals surface area (Å²) in [6, 6.07) is 0. The number of thiocarbonyl (C=S) groups is 1. The SMILES string of the molecule is CC(C)(C)C(=N)CC(N)=S. The van der Waals surface area contributed by atoms with Crippen molar-refractivity contribution < 1.29 is 0 Å². The molecular formula is C7H14N2S. The molecule has 0 aliphatic heterocycles. The number of rotatable bonds is 2. The Morgan fingerprint density at radius 2 is 1.90 bits per heavy atom. The van der Waals surface area contributed by atoms with Gasteiger partial charge >= 0.3 is 0 Å². The molecule has 0 atom stereocenters. The van der Waals surface area contributed by atoms with E-state index in [1.165, 1.54) is 0 Å². The molecule has 0 saturated heterocycles. The molecule has 0 spiro atoms. The molecule has 0 radical (unpaired) electrons. The third-order valence-corrected chi connectivity index (χ3v) is 1.40. The summed E-state index contributed by atoms with van der Waals surface area (Å²) in [4.78, 5) is 0.403. The van der Waals surface area contributed by atoms with Crippen LogP contribution in [0.15, 0.2) is 0 Å². The first kappa shape index (κ1) is 9.56. The van der Waals surface area contributed by atoms with Crippen molar-refractivity contribution in [1.82, 2.24) is 0 Å². The minimum atomic E-state index is -0.0938. The molecule has 0 unspecified atom stereocenters. The number of hydrogen-bond donors (Lipinski definition) is 2. The Hall–Kier alpha value is -0.440. The van der Waals surface area contributed by atoms with E-state index in [0.717, 1.165) is 0 Å². The van der Waals surface area contributed by atoms with Gasteiger partial charge in [0.25, 0.3) is 0 Å². The maximum absolute atomic E-state index is 7.50. The van der Waals surface area contributed by atoms with Crippen LogP contribution in [-0.4, -0.2) is 10.7 Å². The van der Waals surface area contributed by atoms with E-state index in [9.17, 15) is 0 Å². The van der Waals surface area contributed by atoms with Crippen LogP contribution in [0.3, 0.4) is 0 Å². The van der Waals surface area contributed by atoms with Gasteiger partial charge in [-0.3, -0.25) is 0 Å². The number of hydrogen-bond acceptors (Lipinski definition) is 2. The first-order chi connectivity index (χ1) is 4.34. The van der Waals surface area contributed by atoms with E-state index < -0.39 is 0 Å². The first-order valence-corrected chi connectivity index (χ1v) is 3.61. The summed E-state index contributed by atoms with van der Waals surface area (Å²) in [7, 11) is 0. The van der Waals surface area contributed by atoms with Gasteiger partial charge in [-0.05, 0) is 5.41 Å². The Labute approximate surface area is 67.3 Å². The largest absolute Gasteiger partial charge is 0.393 e. The fourth-order valence-corrected chi connectivity index (χ4v) is 0.584. The van der Waals surface area contributed by atoms with Crippen molar-refractivity contribution in [2.45, 2.75) is 27.2 Å². The van der Waals surface area contributed by atoms with Crippen molar-refractivity contribution in [2.75, 3.05) is 0 Å². The molecule has 2 nitrogen and oxygen atoms in total. The van der Waals surface area contributed by atoms with Crippen LogP contribution in [0.1, 0.15) is 27.2 Å². The van der Waals surface area contributed by atoms with Crippen LogP contribution in [0.25, 0.3) is 0 Å². The van der Waals surface area contributed by atoms with E-state index >= 15 is 0 Å². The van der Waals surface area contributed by atoms with Gasteiger partial charge in [-0.25, -0.2) is 0 Å². The maximum Gasteiger partial charge on any atom is 0.0784 e. The Kier molecular flexibility index (Phi) is 2.96. The van der Waals surface area contributed by atoms with Gasteiger partial charge in [0.15, 0.2) is 0 Å². The Morgan fingerprint density at radius 1 is 1.50 bits per heavy atom. The molecule has 0 rings (SSSR count). The third-order valence-electron chi connectivity index (χ3n) is 1.26. The molecule has 0 aromatic rings. The molecule has 3 N–H and O–H groups in total. The maximum atomic E-state index is 7.50. The molecule has 0 bridgehead atoms. The van der Waals surface area contributed by atoms with Crippen LogP contribution in [0, 0.1) is 10.8 Å². The summed E-state index contributed by atoms with van der Waals surface area (Å²) in [5.41, 5.74) is 5.78. The van der Waals surface area contributed by atoms with Gasteiger partial charge in [-0.2, -0.15) is 0 Å². The molecule has 0 aliphatic rings. The fraction of sp³-hybridized carbons (Fsp3) is 0.714. The van der Waals surface area contributed by atoms with E-state index in [1.807, 2.05) is 20.8 Å². The van der Waals surface area contributed by atoms with Crippen LogP contribution in [0.4, 0.5) is 0 Å². The topological polar surface area (TPSA) is 49.9 Å². The van der Waals surface area contributed by atoms with Crippen LogP contribution >= 0.6 is 12.2 Å². The number of nitrogens with one attached hydrogen (secondary N) is 1. The van der Waals surface area contributed by atoms with E-state index in [1.54, 1.807) is 0 Å². The zero-order valence-electron chi connectivity index (χ0n) is 6.69. The lowest BCUT2D eigenvalue weighted by Gasteiger charge is -2.18. The van der Waals surface area contributed by atoms with Gasteiger partial charge in [0.1, 0.15) is 0 Å². The monoisotopic (exact) mass is 158 g/mol. The summed E-state index contributed by atoms with van der Waals surface area (Å²) in [6.45, 7) is 5.94. The lowest BCUT2D eigenvalue weighted by Crippen LogP contribution is -2.24. The molecule has 0 aliphatic carbocycles. The minimum absolute atomic E-state index is 0.0938. The molecule has 3 heteroatoms. The number of nitrogens with two attached hydrogens (primary N) is 1. The van der Waals surface area contributed by atoms with Crippen molar-refractivity contribution in [1.29, 1.82) is 5.41 Å². The van der Waals surface area contributed by atoms with E-state index in [2.05, 4.69) is 12.2 Å². The molecule has 0 amide bonds. The molecular weight excluding hydrogens is 144 g/mol. The normalized spacial score (nSPS) is 11.1. The Balaban J connectivity index is 3.99. The molecule has 0 heterocycles.